The van der Waals surface area contributed by atoms with Crippen LogP contribution in [-0.4, -0.2) is 50.2 Å². The van der Waals surface area contributed by atoms with E-state index in [-0.39, 0.29) is 0 Å². The maximum atomic E-state index is 12.2. The van der Waals surface area contributed by atoms with E-state index in [1.54, 1.807) is 0 Å². The Labute approximate surface area is 126 Å². The van der Waals surface area contributed by atoms with Gasteiger partial charge in [-0.3, -0.25) is 4.79 Å². The lowest BCUT2D eigenvalue weighted by atomic mass is 10.0. The second-order valence-electron chi connectivity index (χ2n) is 6.19. The lowest BCUT2D eigenvalue weighted by Gasteiger charge is -2.38. The number of hydrogen-bond acceptors (Lipinski definition) is 3. The van der Waals surface area contributed by atoms with Gasteiger partial charge >= 0.3 is 0 Å². The van der Waals surface area contributed by atoms with E-state index in [1.807, 2.05) is 4.90 Å². The molecule has 0 saturated carbocycles. The van der Waals surface area contributed by atoms with Crippen LogP contribution in [0.1, 0.15) is 17.5 Å². The Kier molecular flexibility index (Phi) is 4.15. The van der Waals surface area contributed by atoms with Crippen LogP contribution in [0, 0.1) is 19.8 Å². The van der Waals surface area contributed by atoms with Crippen molar-refractivity contribution in [1.82, 2.24) is 4.90 Å². The van der Waals surface area contributed by atoms with Crippen LogP contribution in [0.5, 0.6) is 0 Å². The van der Waals surface area contributed by atoms with Gasteiger partial charge in [-0.25, -0.2) is 0 Å². The van der Waals surface area contributed by atoms with E-state index in [0.717, 1.165) is 39.4 Å². The van der Waals surface area contributed by atoms with E-state index < -0.39 is 0 Å². The Bertz CT molecular complexity index is 518. The van der Waals surface area contributed by atoms with Crippen molar-refractivity contribution in [3.8, 4) is 0 Å². The number of amides is 1. The molecular formula is C17H24N2O2. The number of rotatable bonds is 3. The quantitative estimate of drug-likeness (QED) is 0.853. The van der Waals surface area contributed by atoms with Gasteiger partial charge in [0, 0.05) is 44.2 Å². The predicted octanol–water partition coefficient (Wildman–Crippen LogP) is 1.99. The number of anilines is 1. The van der Waals surface area contributed by atoms with Gasteiger partial charge in [-0.1, -0.05) is 12.1 Å². The zero-order valence-corrected chi connectivity index (χ0v) is 13.0. The van der Waals surface area contributed by atoms with Crippen molar-refractivity contribution in [1.29, 1.82) is 0 Å². The molecule has 21 heavy (non-hydrogen) atoms. The van der Waals surface area contributed by atoms with Crippen LogP contribution in [0.25, 0.3) is 0 Å². The second kappa shape index (κ2) is 6.06. The monoisotopic (exact) mass is 288 g/mol. The van der Waals surface area contributed by atoms with E-state index in [9.17, 15) is 4.79 Å². The van der Waals surface area contributed by atoms with Crippen molar-refractivity contribution in [2.24, 2.45) is 5.92 Å². The predicted molar refractivity (Wildman–Crippen MR) is 83.6 cm³/mol. The van der Waals surface area contributed by atoms with Crippen molar-refractivity contribution < 1.29 is 9.53 Å². The summed E-state index contributed by atoms with van der Waals surface area (Å²) in [6, 6.07) is 6.45. The zero-order chi connectivity index (χ0) is 14.8. The molecule has 0 aliphatic carbocycles. The van der Waals surface area contributed by atoms with Crippen molar-refractivity contribution >= 4 is 11.6 Å². The van der Waals surface area contributed by atoms with Gasteiger partial charge in [0.25, 0.3) is 0 Å². The molecule has 0 unspecified atom stereocenters. The fraction of sp³-hybridized carbons (Fsp3) is 0.588. The number of hydrogen-bond donors (Lipinski definition) is 0. The highest BCUT2D eigenvalue weighted by Gasteiger charge is 2.27. The van der Waals surface area contributed by atoms with Gasteiger partial charge in [0.15, 0.2) is 0 Å². The summed E-state index contributed by atoms with van der Waals surface area (Å²) in [7, 11) is 0. The van der Waals surface area contributed by atoms with Crippen LogP contribution in [0.15, 0.2) is 18.2 Å². The third-order valence-electron chi connectivity index (χ3n) is 4.72. The standard InChI is InChI=1S/C17H24N2O2/c1-13-4-3-5-16(14(13)2)18-6-8-19(9-7-18)17(20)10-15-11-21-12-15/h3-5,15H,6-12H2,1-2H3. The van der Waals surface area contributed by atoms with Crippen LogP contribution in [0.4, 0.5) is 5.69 Å². The fourth-order valence-corrected chi connectivity index (χ4v) is 3.05. The molecule has 4 nitrogen and oxygen atoms in total. The number of piperazine rings is 1. The van der Waals surface area contributed by atoms with Crippen molar-refractivity contribution in [3.63, 3.8) is 0 Å². The first-order valence-corrected chi connectivity index (χ1v) is 7.82. The molecule has 1 aromatic rings. The molecule has 114 valence electrons. The molecule has 3 rings (SSSR count). The summed E-state index contributed by atoms with van der Waals surface area (Å²) in [5.41, 5.74) is 3.99. The van der Waals surface area contributed by atoms with Crippen LogP contribution < -0.4 is 4.90 Å². The van der Waals surface area contributed by atoms with Crippen molar-refractivity contribution in [2.45, 2.75) is 20.3 Å². The van der Waals surface area contributed by atoms with Crippen LogP contribution in [0.3, 0.4) is 0 Å². The van der Waals surface area contributed by atoms with E-state index in [4.69, 9.17) is 4.74 Å². The zero-order valence-electron chi connectivity index (χ0n) is 13.0. The van der Waals surface area contributed by atoms with Gasteiger partial charge < -0.3 is 14.5 Å². The maximum Gasteiger partial charge on any atom is 0.223 e. The minimum atomic E-state index is 0.295. The summed E-state index contributed by atoms with van der Waals surface area (Å²) in [6.45, 7) is 9.37. The van der Waals surface area contributed by atoms with E-state index in [1.165, 1.54) is 16.8 Å². The molecule has 2 aliphatic rings. The first-order chi connectivity index (χ1) is 10.1. The molecule has 2 heterocycles. The largest absolute Gasteiger partial charge is 0.381 e. The molecule has 0 N–H and O–H groups in total. The normalized spacial score (nSPS) is 19.5. The molecule has 0 radical (unpaired) electrons. The number of carbonyl (C=O) groups excluding carboxylic acids is 1. The number of benzene rings is 1. The fourth-order valence-electron chi connectivity index (χ4n) is 3.05. The molecule has 0 atom stereocenters. The average molecular weight is 288 g/mol. The molecule has 4 heteroatoms. The van der Waals surface area contributed by atoms with Crippen LogP contribution >= 0.6 is 0 Å². The van der Waals surface area contributed by atoms with Crippen molar-refractivity contribution in [2.75, 3.05) is 44.3 Å². The first kappa shape index (κ1) is 14.4. The Morgan fingerprint density at radius 1 is 1.19 bits per heavy atom. The highest BCUT2D eigenvalue weighted by atomic mass is 16.5. The van der Waals surface area contributed by atoms with E-state index in [2.05, 4.69) is 36.9 Å². The van der Waals surface area contributed by atoms with Gasteiger partial charge in [0.1, 0.15) is 0 Å². The van der Waals surface area contributed by atoms with Crippen molar-refractivity contribution in [3.05, 3.63) is 29.3 Å². The van der Waals surface area contributed by atoms with E-state index >= 15 is 0 Å². The van der Waals surface area contributed by atoms with Gasteiger partial charge in [-0.2, -0.15) is 0 Å². The number of aryl methyl sites for hydroxylation is 1. The highest BCUT2D eigenvalue weighted by Crippen LogP contribution is 2.24. The van der Waals surface area contributed by atoms with Crippen LogP contribution in [0.2, 0.25) is 0 Å². The minimum absolute atomic E-state index is 0.295. The summed E-state index contributed by atoms with van der Waals surface area (Å²) in [4.78, 5) is 16.6. The Morgan fingerprint density at radius 3 is 2.52 bits per heavy atom. The third kappa shape index (κ3) is 3.05. The summed E-state index contributed by atoms with van der Waals surface area (Å²) < 4.78 is 5.14. The third-order valence-corrected chi connectivity index (χ3v) is 4.72. The molecule has 0 spiro atoms. The van der Waals surface area contributed by atoms with Gasteiger partial charge in [0.05, 0.1) is 13.2 Å². The lowest BCUT2D eigenvalue weighted by molar-refractivity contribution is -0.136. The van der Waals surface area contributed by atoms with Crippen LogP contribution in [-0.2, 0) is 9.53 Å². The highest BCUT2D eigenvalue weighted by molar-refractivity contribution is 5.77. The van der Waals surface area contributed by atoms with Gasteiger partial charge in [0.2, 0.25) is 5.91 Å². The topological polar surface area (TPSA) is 32.8 Å². The summed E-state index contributed by atoms with van der Waals surface area (Å²) in [5.74, 6) is 0.749. The van der Waals surface area contributed by atoms with Gasteiger partial charge in [-0.05, 0) is 31.0 Å². The summed E-state index contributed by atoms with van der Waals surface area (Å²) in [6.07, 6.45) is 0.656. The Balaban J connectivity index is 1.57. The molecule has 0 aromatic heterocycles. The van der Waals surface area contributed by atoms with Gasteiger partial charge in [-0.15, -0.1) is 0 Å². The molecule has 2 fully saturated rings. The summed E-state index contributed by atoms with van der Waals surface area (Å²) >= 11 is 0. The molecule has 1 aromatic carbocycles. The number of ether oxygens (including phenoxy) is 1. The molecular weight excluding hydrogens is 264 g/mol. The molecule has 2 aliphatic heterocycles. The minimum Gasteiger partial charge on any atom is -0.381 e. The second-order valence-corrected chi connectivity index (χ2v) is 6.19. The number of carbonyl (C=O) groups is 1. The first-order valence-electron chi connectivity index (χ1n) is 7.82. The molecule has 2 saturated heterocycles. The molecule has 1 amide bonds. The summed E-state index contributed by atoms with van der Waals surface area (Å²) in [5, 5.41) is 0. The molecule has 0 bridgehead atoms. The Morgan fingerprint density at radius 2 is 1.90 bits per heavy atom. The average Bonchev–Trinajstić information content (AvgIpc) is 2.46. The van der Waals surface area contributed by atoms with E-state index in [0.29, 0.717) is 18.2 Å². The number of nitrogens with zero attached hydrogens (tertiary/aromatic N) is 2. The smallest absolute Gasteiger partial charge is 0.223 e. The SMILES string of the molecule is Cc1cccc(N2CCN(C(=O)CC3COC3)CC2)c1C. The maximum absolute atomic E-state index is 12.2. The Hall–Kier alpha value is -1.55. The lowest BCUT2D eigenvalue weighted by Crippen LogP contribution is -2.50.